The van der Waals surface area contributed by atoms with E-state index in [-0.39, 0.29) is 38.6 Å². The largest absolute Gasteiger partial charge is 0.477 e. The SMILES string of the molecule is CC/C=C\C/C=C\C/C=C\C/C=C\C/C=C\C/C=C\C/C=C\CCCCCCCCCC(=O)OC(COC(=O)CCCCCCCCCCCCCC/C=C\C/C=C\C/C=C\C/C=C\C/C=C\C/C=C\CC)COC(OCC[N+](C)(C)C)C(=O)O. The molecule has 9 nitrogen and oxygen atoms in total. The molecule has 0 saturated carbocycles. The lowest BCUT2D eigenvalue weighted by molar-refractivity contribution is -0.870. The third-order valence-electron chi connectivity index (χ3n) is 13.8. The van der Waals surface area contributed by atoms with Gasteiger partial charge in [-0.25, -0.2) is 4.79 Å². The molecule has 2 unspecified atom stereocenters. The Morgan fingerprint density at radius 1 is 0.353 bits per heavy atom. The number of nitrogens with zero attached hydrogens (tertiary/aromatic N) is 1. The number of allylic oxidation sites excluding steroid dienone is 26. The van der Waals surface area contributed by atoms with E-state index < -0.39 is 24.3 Å². The third-order valence-corrected chi connectivity index (χ3v) is 13.8. The number of quaternary nitrogens is 1. The highest BCUT2D eigenvalue weighted by molar-refractivity contribution is 5.71. The van der Waals surface area contributed by atoms with Crippen LogP contribution in [0.1, 0.15) is 245 Å². The number of ether oxygens (including phenoxy) is 4. The summed E-state index contributed by atoms with van der Waals surface area (Å²) in [6.07, 6.45) is 93.3. The van der Waals surface area contributed by atoms with Gasteiger partial charge in [0.1, 0.15) is 13.2 Å². The lowest BCUT2D eigenvalue weighted by Crippen LogP contribution is -2.40. The first-order valence-electron chi connectivity index (χ1n) is 33.6. The van der Waals surface area contributed by atoms with Crippen LogP contribution in [0.3, 0.4) is 0 Å². The number of carbonyl (C=O) groups is 3. The predicted octanol–water partition coefficient (Wildman–Crippen LogP) is 20.9. The Bertz CT molecular complexity index is 1950. The predicted molar refractivity (Wildman–Crippen MR) is 363 cm³/mol. The number of aliphatic carboxylic acids is 1. The topological polar surface area (TPSA) is 108 Å². The highest BCUT2D eigenvalue weighted by Crippen LogP contribution is 2.15. The summed E-state index contributed by atoms with van der Waals surface area (Å²) in [7, 11) is 5.96. The Balaban J connectivity index is 4.23. The van der Waals surface area contributed by atoms with Crippen molar-refractivity contribution in [3.05, 3.63) is 158 Å². The zero-order valence-corrected chi connectivity index (χ0v) is 54.7. The lowest BCUT2D eigenvalue weighted by atomic mass is 10.0. The number of rotatable bonds is 60. The second-order valence-electron chi connectivity index (χ2n) is 23.0. The quantitative estimate of drug-likeness (QED) is 0.0211. The van der Waals surface area contributed by atoms with E-state index in [4.69, 9.17) is 18.9 Å². The van der Waals surface area contributed by atoms with Gasteiger partial charge in [0, 0.05) is 12.8 Å². The summed E-state index contributed by atoms with van der Waals surface area (Å²) < 4.78 is 22.9. The molecule has 0 radical (unpaired) electrons. The Morgan fingerprint density at radius 3 is 0.941 bits per heavy atom. The molecule has 0 heterocycles. The monoisotopic (exact) mass is 1180 g/mol. The number of esters is 2. The van der Waals surface area contributed by atoms with Gasteiger partial charge in [0.25, 0.3) is 6.29 Å². The van der Waals surface area contributed by atoms with E-state index in [0.29, 0.717) is 17.4 Å². The molecule has 0 aliphatic rings. The van der Waals surface area contributed by atoms with Crippen LogP contribution in [-0.4, -0.2) is 87.4 Å². The summed E-state index contributed by atoms with van der Waals surface area (Å²) in [6, 6.07) is 0. The van der Waals surface area contributed by atoms with Crippen LogP contribution in [0.25, 0.3) is 0 Å². The van der Waals surface area contributed by atoms with Gasteiger partial charge in [-0.2, -0.15) is 0 Å². The molecule has 2 atom stereocenters. The summed E-state index contributed by atoms with van der Waals surface area (Å²) in [5.41, 5.74) is 0. The maximum absolute atomic E-state index is 12.9. The van der Waals surface area contributed by atoms with Crippen molar-refractivity contribution >= 4 is 17.9 Å². The average Bonchev–Trinajstić information content (AvgIpc) is 3.48. The second-order valence-corrected chi connectivity index (χ2v) is 23.0. The van der Waals surface area contributed by atoms with Crippen molar-refractivity contribution in [2.45, 2.75) is 257 Å². The Hall–Kier alpha value is -5.09. The van der Waals surface area contributed by atoms with Crippen LogP contribution in [0.2, 0.25) is 0 Å². The van der Waals surface area contributed by atoms with E-state index in [1.165, 1.54) is 83.5 Å². The zero-order chi connectivity index (χ0) is 61.9. The molecule has 0 saturated heterocycles. The maximum atomic E-state index is 12.9. The Morgan fingerprint density at radius 2 is 0.635 bits per heavy atom. The first-order valence-corrected chi connectivity index (χ1v) is 33.6. The fourth-order valence-corrected chi connectivity index (χ4v) is 8.70. The van der Waals surface area contributed by atoms with Gasteiger partial charge < -0.3 is 28.5 Å². The third kappa shape index (κ3) is 66.3. The minimum absolute atomic E-state index is 0.177. The highest BCUT2D eigenvalue weighted by atomic mass is 16.7. The molecule has 0 fully saturated rings. The van der Waals surface area contributed by atoms with Crippen LogP contribution >= 0.6 is 0 Å². The second kappa shape index (κ2) is 64.9. The molecule has 0 aliphatic heterocycles. The standard InChI is InChI=1S/C76H123NO8/c1-6-8-10-12-14-16-18-20-22-24-26-28-30-32-34-36-37-39-40-42-44-46-48-50-52-54-56-58-60-62-64-66-73(78)83-70-72(71-84-76(75(80)81)82-69-68-77(3,4)5)85-74(79)67-65-63-61-59-57-55-53-51-49-47-45-43-41-38-35-33-31-29-27-25-23-21-19-17-15-13-11-9-7-2/h8-11,14-17,20-23,26-29,32-35,37,39,41,43,47,49,72,76H,6-7,12-13,18-19,24-25,30-31,36,38,40,42,44-46,48,50-71H2,1-5H3/p+1/b10-8-,11-9-,16-14-,17-15-,22-20-,23-21-,28-26-,29-27-,34-32-,35-33-,39-37-,43-41-,49-47-. The van der Waals surface area contributed by atoms with E-state index in [1.54, 1.807) is 0 Å². The molecule has 480 valence electrons. The van der Waals surface area contributed by atoms with Crippen molar-refractivity contribution in [3.8, 4) is 0 Å². The molecule has 0 bridgehead atoms. The van der Waals surface area contributed by atoms with Gasteiger partial charge in [0.05, 0.1) is 34.4 Å². The summed E-state index contributed by atoms with van der Waals surface area (Å²) in [5, 5.41) is 9.74. The van der Waals surface area contributed by atoms with E-state index >= 15 is 0 Å². The van der Waals surface area contributed by atoms with Crippen LogP contribution in [-0.2, 0) is 33.3 Å². The number of carboxylic acids is 1. The molecule has 9 heteroatoms. The first-order chi connectivity index (χ1) is 41.6. The van der Waals surface area contributed by atoms with E-state index in [9.17, 15) is 19.5 Å². The fourth-order valence-electron chi connectivity index (χ4n) is 8.70. The van der Waals surface area contributed by atoms with Crippen molar-refractivity contribution in [2.24, 2.45) is 0 Å². The Labute approximate surface area is 521 Å². The molecule has 0 aromatic heterocycles. The summed E-state index contributed by atoms with van der Waals surface area (Å²) >= 11 is 0. The normalized spacial score (nSPS) is 13.8. The summed E-state index contributed by atoms with van der Waals surface area (Å²) in [6.45, 7) is 4.62. The van der Waals surface area contributed by atoms with Gasteiger partial charge in [-0.15, -0.1) is 0 Å². The number of hydrogen-bond acceptors (Lipinski definition) is 7. The van der Waals surface area contributed by atoms with Crippen molar-refractivity contribution < 1.29 is 42.9 Å². The van der Waals surface area contributed by atoms with Gasteiger partial charge in [-0.05, 0) is 122 Å². The fraction of sp³-hybridized carbons (Fsp3) is 0.618. The van der Waals surface area contributed by atoms with Crippen LogP contribution in [0.15, 0.2) is 158 Å². The van der Waals surface area contributed by atoms with Gasteiger partial charge in [-0.3, -0.25) is 9.59 Å². The highest BCUT2D eigenvalue weighted by Gasteiger charge is 2.25. The summed E-state index contributed by atoms with van der Waals surface area (Å²) in [4.78, 5) is 37.6. The molecule has 0 aromatic carbocycles. The molecule has 0 aliphatic carbocycles. The van der Waals surface area contributed by atoms with Crippen molar-refractivity contribution in [1.29, 1.82) is 0 Å². The number of carbonyl (C=O) groups excluding carboxylic acids is 2. The van der Waals surface area contributed by atoms with Gasteiger partial charge in [0.15, 0.2) is 6.10 Å². The van der Waals surface area contributed by atoms with Crippen molar-refractivity contribution in [3.63, 3.8) is 0 Å². The van der Waals surface area contributed by atoms with Crippen molar-refractivity contribution in [1.82, 2.24) is 0 Å². The molecule has 0 amide bonds. The summed E-state index contributed by atoms with van der Waals surface area (Å²) in [5.74, 6) is -2.04. The Kier molecular flexibility index (Phi) is 61.0. The van der Waals surface area contributed by atoms with Crippen LogP contribution < -0.4 is 0 Å². The van der Waals surface area contributed by atoms with Crippen molar-refractivity contribution in [2.75, 3.05) is 47.5 Å². The van der Waals surface area contributed by atoms with E-state index in [2.05, 4.69) is 172 Å². The molecule has 0 spiro atoms. The number of hydrogen-bond donors (Lipinski definition) is 1. The van der Waals surface area contributed by atoms with Gasteiger partial charge >= 0.3 is 17.9 Å². The molecule has 1 N–H and O–H groups in total. The van der Waals surface area contributed by atoms with Crippen LogP contribution in [0.5, 0.6) is 0 Å². The van der Waals surface area contributed by atoms with Gasteiger partial charge in [0.2, 0.25) is 0 Å². The maximum Gasteiger partial charge on any atom is 0.361 e. The van der Waals surface area contributed by atoms with Crippen LogP contribution in [0, 0.1) is 0 Å². The minimum atomic E-state index is -1.53. The van der Waals surface area contributed by atoms with E-state index in [0.717, 1.165) is 128 Å². The van der Waals surface area contributed by atoms with Gasteiger partial charge in [-0.1, -0.05) is 268 Å². The average molecular weight is 1180 g/mol. The smallest absolute Gasteiger partial charge is 0.361 e. The molecular formula is C76H124NO8+. The molecule has 85 heavy (non-hydrogen) atoms. The number of likely N-dealkylation sites (N-methyl/N-ethyl adjacent to an activating group) is 1. The first kappa shape index (κ1) is 79.9. The number of unbranched alkanes of at least 4 members (excludes halogenated alkanes) is 19. The molecule has 0 aromatic rings. The van der Waals surface area contributed by atoms with Crippen LogP contribution in [0.4, 0.5) is 0 Å². The number of carboxylic acid groups (broad SMARTS) is 1. The van der Waals surface area contributed by atoms with E-state index in [1.807, 2.05) is 21.1 Å². The molecular weight excluding hydrogens is 1050 g/mol. The molecule has 0 rings (SSSR count). The zero-order valence-electron chi connectivity index (χ0n) is 54.7. The minimum Gasteiger partial charge on any atom is -0.477 e. The lowest BCUT2D eigenvalue weighted by Gasteiger charge is -2.25.